The lowest BCUT2D eigenvalue weighted by Gasteiger charge is -2.04. The summed E-state index contributed by atoms with van der Waals surface area (Å²) in [5.41, 5.74) is -1.24. The largest absolute Gasteiger partial charge is 0.478 e. The monoisotopic (exact) mass is 345 g/mol. The van der Waals surface area contributed by atoms with E-state index in [1.807, 2.05) is 24.6 Å². The third-order valence-corrected chi connectivity index (χ3v) is 3.19. The van der Waals surface area contributed by atoms with Crippen LogP contribution in [0.3, 0.4) is 0 Å². The van der Waals surface area contributed by atoms with E-state index in [-0.39, 0.29) is 11.6 Å². The maximum atomic E-state index is 10.6. The summed E-state index contributed by atoms with van der Waals surface area (Å²) in [5.74, 6) is -3.32. The van der Waals surface area contributed by atoms with E-state index < -0.39 is 29.0 Å². The Balaban J connectivity index is 0.000000271. The van der Waals surface area contributed by atoms with E-state index in [1.165, 1.54) is 0 Å². The minimum atomic E-state index is -1.48. The van der Waals surface area contributed by atoms with Gasteiger partial charge in [-0.3, -0.25) is 0 Å². The summed E-state index contributed by atoms with van der Waals surface area (Å²) in [6, 6.07) is 4.83. The number of hydrogen-bond donors (Lipinski definition) is 3. The van der Waals surface area contributed by atoms with Gasteiger partial charge in [-0.1, -0.05) is 0 Å². The number of imidazole rings is 1. The van der Waals surface area contributed by atoms with Crippen molar-refractivity contribution in [3.63, 3.8) is 0 Å². The van der Waals surface area contributed by atoms with Crippen molar-refractivity contribution >= 4 is 17.9 Å². The zero-order valence-electron chi connectivity index (χ0n) is 13.4. The molecule has 0 aliphatic heterocycles. The van der Waals surface area contributed by atoms with Crippen LogP contribution in [0.1, 0.15) is 49.9 Å². The third kappa shape index (κ3) is 4.90. The van der Waals surface area contributed by atoms with Crippen LogP contribution >= 0.6 is 0 Å². The number of carboxylic acid groups (broad SMARTS) is 3. The highest BCUT2D eigenvalue weighted by molar-refractivity contribution is 6.03. The molecule has 9 heteroatoms. The van der Waals surface area contributed by atoms with E-state index in [9.17, 15) is 14.4 Å². The number of benzene rings is 1. The van der Waals surface area contributed by atoms with Crippen LogP contribution in [-0.2, 0) is 0 Å². The van der Waals surface area contributed by atoms with Crippen molar-refractivity contribution in [2.45, 2.75) is 19.9 Å². The van der Waals surface area contributed by atoms with Gasteiger partial charge in [0, 0.05) is 12.4 Å². The van der Waals surface area contributed by atoms with Crippen LogP contribution in [0.15, 0.2) is 30.6 Å². The summed E-state index contributed by atoms with van der Waals surface area (Å²) in [6.45, 7) is 3.72. The van der Waals surface area contributed by atoms with E-state index in [4.69, 9.17) is 20.6 Å². The predicted octanol–water partition coefficient (Wildman–Crippen LogP) is 2.06. The Morgan fingerprint density at radius 2 is 1.72 bits per heavy atom. The molecule has 0 saturated heterocycles. The molecule has 0 aliphatic rings. The molecule has 1 heterocycles. The van der Waals surface area contributed by atoms with Crippen LogP contribution in [0.25, 0.3) is 0 Å². The summed E-state index contributed by atoms with van der Waals surface area (Å²) in [7, 11) is 0. The molecule has 0 radical (unpaired) electrons. The molecule has 2 rings (SSSR count). The zero-order valence-corrected chi connectivity index (χ0v) is 13.4. The molecule has 1 aromatic heterocycles. The quantitative estimate of drug-likeness (QED) is 0.760. The van der Waals surface area contributed by atoms with Gasteiger partial charge in [-0.05, 0) is 32.0 Å². The van der Waals surface area contributed by atoms with E-state index >= 15 is 0 Å². The second kappa shape index (κ2) is 8.26. The summed E-state index contributed by atoms with van der Waals surface area (Å²) in [5, 5.41) is 34.4. The van der Waals surface area contributed by atoms with Gasteiger partial charge in [-0.2, -0.15) is 5.26 Å². The van der Waals surface area contributed by atoms with Crippen molar-refractivity contribution in [3.8, 4) is 6.07 Å². The molecule has 0 saturated carbocycles. The molecule has 1 unspecified atom stereocenters. The summed E-state index contributed by atoms with van der Waals surface area (Å²) in [4.78, 5) is 35.8. The number of hydrogen-bond acceptors (Lipinski definition) is 5. The van der Waals surface area contributed by atoms with Gasteiger partial charge in [0.25, 0.3) is 0 Å². The van der Waals surface area contributed by atoms with Crippen molar-refractivity contribution < 1.29 is 29.7 Å². The topological polar surface area (TPSA) is 154 Å². The van der Waals surface area contributed by atoms with E-state index in [0.29, 0.717) is 0 Å². The molecule has 130 valence electrons. The van der Waals surface area contributed by atoms with Gasteiger partial charge in [0.2, 0.25) is 0 Å². The number of nitriles is 1. The van der Waals surface area contributed by atoms with Crippen molar-refractivity contribution in [1.82, 2.24) is 9.55 Å². The van der Waals surface area contributed by atoms with Crippen molar-refractivity contribution in [2.24, 2.45) is 0 Å². The molecular weight excluding hydrogens is 330 g/mol. The highest BCUT2D eigenvalue weighted by Crippen LogP contribution is 2.12. The zero-order chi connectivity index (χ0) is 19.1. The van der Waals surface area contributed by atoms with Crippen LogP contribution in [-0.4, -0.2) is 42.8 Å². The molecule has 25 heavy (non-hydrogen) atoms. The van der Waals surface area contributed by atoms with Crippen molar-refractivity contribution in [1.29, 1.82) is 5.26 Å². The number of aromatic carboxylic acids is 3. The maximum Gasteiger partial charge on any atom is 0.336 e. The molecule has 1 atom stereocenters. The first-order chi connectivity index (χ1) is 11.7. The smallest absolute Gasteiger partial charge is 0.336 e. The van der Waals surface area contributed by atoms with Gasteiger partial charge < -0.3 is 19.9 Å². The van der Waals surface area contributed by atoms with Gasteiger partial charge in [0.05, 0.1) is 22.8 Å². The number of carboxylic acids is 3. The second-order valence-electron chi connectivity index (χ2n) is 4.86. The fraction of sp³-hybridized carbons (Fsp3) is 0.188. The maximum absolute atomic E-state index is 10.6. The Labute approximate surface area is 142 Å². The fourth-order valence-electron chi connectivity index (χ4n) is 1.90. The van der Waals surface area contributed by atoms with Crippen LogP contribution in [0.2, 0.25) is 0 Å². The van der Waals surface area contributed by atoms with Gasteiger partial charge in [-0.15, -0.1) is 0 Å². The Hall–Kier alpha value is -3.67. The molecule has 3 N–H and O–H groups in total. The molecular formula is C16H15N3O6. The Bertz CT molecular complexity index is 850. The standard InChI is InChI=1S/C9H6O6.C7H9N3/c10-7(11)4-1-2-5(8(12)13)6(3-4)9(14)15;1-6(5-8)10-4-3-9-7(10)2/h1-3H,(H,10,11)(H,12,13)(H,14,15);3-4,6H,1-2H3. The number of carbonyl (C=O) groups is 3. The highest BCUT2D eigenvalue weighted by Gasteiger charge is 2.17. The molecule has 0 amide bonds. The van der Waals surface area contributed by atoms with E-state index in [1.54, 1.807) is 6.20 Å². The summed E-state index contributed by atoms with van der Waals surface area (Å²) >= 11 is 0. The normalized spacial score (nSPS) is 10.8. The molecule has 0 bridgehead atoms. The van der Waals surface area contributed by atoms with E-state index in [0.717, 1.165) is 24.0 Å². The van der Waals surface area contributed by atoms with Gasteiger partial charge in [0.15, 0.2) is 0 Å². The van der Waals surface area contributed by atoms with Crippen LogP contribution < -0.4 is 0 Å². The van der Waals surface area contributed by atoms with Gasteiger partial charge in [-0.25, -0.2) is 19.4 Å². The molecule has 1 aromatic carbocycles. The molecule has 9 nitrogen and oxygen atoms in total. The number of nitrogens with zero attached hydrogens (tertiary/aromatic N) is 3. The van der Waals surface area contributed by atoms with Crippen molar-refractivity contribution in [3.05, 3.63) is 53.1 Å². The van der Waals surface area contributed by atoms with Crippen molar-refractivity contribution in [2.75, 3.05) is 0 Å². The Kier molecular flexibility index (Phi) is 6.40. The predicted molar refractivity (Wildman–Crippen MR) is 84.6 cm³/mol. The first-order valence-electron chi connectivity index (χ1n) is 6.92. The molecule has 0 aliphatic carbocycles. The number of aromatic nitrogens is 2. The van der Waals surface area contributed by atoms with Gasteiger partial charge >= 0.3 is 17.9 Å². The van der Waals surface area contributed by atoms with Crippen LogP contribution in [0.4, 0.5) is 0 Å². The minimum Gasteiger partial charge on any atom is -0.478 e. The van der Waals surface area contributed by atoms with Crippen LogP contribution in [0, 0.1) is 18.3 Å². The molecule has 2 aromatic rings. The average molecular weight is 345 g/mol. The lowest BCUT2D eigenvalue weighted by atomic mass is 10.0. The lowest BCUT2D eigenvalue weighted by Crippen LogP contribution is -2.10. The lowest BCUT2D eigenvalue weighted by molar-refractivity contribution is 0.0649. The number of aryl methyl sites for hydroxylation is 1. The Morgan fingerprint density at radius 3 is 2.12 bits per heavy atom. The third-order valence-electron chi connectivity index (χ3n) is 3.19. The van der Waals surface area contributed by atoms with Crippen LogP contribution in [0.5, 0.6) is 0 Å². The SMILES string of the molecule is Cc1nccn1C(C)C#N.O=C(O)c1ccc(C(=O)O)c(C(=O)O)c1. The first kappa shape index (κ1) is 19.4. The number of rotatable bonds is 4. The molecule has 0 fully saturated rings. The highest BCUT2D eigenvalue weighted by atomic mass is 16.4. The van der Waals surface area contributed by atoms with E-state index in [2.05, 4.69) is 11.1 Å². The summed E-state index contributed by atoms with van der Waals surface area (Å²) < 4.78 is 1.83. The Morgan fingerprint density at radius 1 is 1.12 bits per heavy atom. The first-order valence-corrected chi connectivity index (χ1v) is 6.92. The fourth-order valence-corrected chi connectivity index (χ4v) is 1.90. The average Bonchev–Trinajstić information content (AvgIpc) is 3.00. The second-order valence-corrected chi connectivity index (χ2v) is 4.86. The minimum absolute atomic E-state index is 0.109. The summed E-state index contributed by atoms with van der Waals surface area (Å²) in [6.07, 6.45) is 3.51. The molecule has 0 spiro atoms. The van der Waals surface area contributed by atoms with Gasteiger partial charge in [0.1, 0.15) is 11.9 Å².